The first-order chi connectivity index (χ1) is 13.6. The highest BCUT2D eigenvalue weighted by atomic mass is 19.1. The summed E-state index contributed by atoms with van der Waals surface area (Å²) in [6.45, 7) is 8.47. The van der Waals surface area contributed by atoms with Crippen molar-refractivity contribution in [2.75, 3.05) is 31.1 Å². The van der Waals surface area contributed by atoms with E-state index < -0.39 is 0 Å². The molecule has 0 radical (unpaired) electrons. The molecular weight excluding hydrogens is 355 g/mol. The maximum absolute atomic E-state index is 11.9. The summed E-state index contributed by atoms with van der Waals surface area (Å²) in [4.78, 5) is 4.93. The molecule has 0 amide bonds. The predicted molar refractivity (Wildman–Crippen MR) is 111 cm³/mol. The zero-order chi connectivity index (χ0) is 19.9. The van der Waals surface area contributed by atoms with Gasteiger partial charge in [-0.15, -0.1) is 0 Å². The molecule has 1 unspecified atom stereocenters. The summed E-state index contributed by atoms with van der Waals surface area (Å²) in [6.07, 6.45) is 3.40. The second-order valence-electron chi connectivity index (χ2n) is 7.30. The second kappa shape index (κ2) is 9.89. The zero-order valence-electron chi connectivity index (χ0n) is 16.9. The molecule has 1 saturated heterocycles. The van der Waals surface area contributed by atoms with Crippen LogP contribution < -0.4 is 4.90 Å². The zero-order valence-corrected chi connectivity index (χ0v) is 16.9. The summed E-state index contributed by atoms with van der Waals surface area (Å²) in [5, 5.41) is 9.83. The average molecular weight is 387 g/mol. The number of benzene rings is 2. The van der Waals surface area contributed by atoms with Gasteiger partial charge in [-0.1, -0.05) is 31.2 Å². The molecule has 2 aromatic carbocycles. The second-order valence-corrected chi connectivity index (χ2v) is 7.30. The number of ether oxygens (including phenoxy) is 1. The Bertz CT molecular complexity index is 733. The van der Waals surface area contributed by atoms with E-state index >= 15 is 0 Å². The third kappa shape index (κ3) is 5.03. The number of hydrogen-bond acceptors (Lipinski definition) is 4. The lowest BCUT2D eigenvalue weighted by atomic mass is 10.0. The van der Waals surface area contributed by atoms with Crippen LogP contribution in [0.25, 0.3) is 0 Å². The number of hydrogen-bond donors (Lipinski definition) is 1. The molecular formula is C23H31FN2O2. The first-order valence-corrected chi connectivity index (χ1v) is 10.3. The summed E-state index contributed by atoms with van der Waals surface area (Å²) < 4.78 is 17.9. The minimum absolute atomic E-state index is 0.130. The molecule has 28 heavy (non-hydrogen) atoms. The van der Waals surface area contributed by atoms with Crippen molar-refractivity contribution in [3.05, 3.63) is 59.9 Å². The molecule has 4 rings (SSSR count). The Hall–Kier alpha value is -2.11. The first kappa shape index (κ1) is 20.6. The summed E-state index contributed by atoms with van der Waals surface area (Å²) in [6, 6.07) is 14.2. The van der Waals surface area contributed by atoms with E-state index in [1.54, 1.807) is 24.3 Å². The number of nitrogens with zero attached hydrogens (tertiary/aromatic N) is 2. The van der Waals surface area contributed by atoms with Crippen LogP contribution in [0.15, 0.2) is 48.5 Å². The Labute approximate surface area is 167 Å². The number of fused-ring (bicyclic) bond motifs is 1. The Morgan fingerprint density at radius 3 is 2.36 bits per heavy atom. The van der Waals surface area contributed by atoms with Crippen molar-refractivity contribution in [2.45, 2.75) is 45.4 Å². The highest BCUT2D eigenvalue weighted by Crippen LogP contribution is 2.38. The summed E-state index contributed by atoms with van der Waals surface area (Å²) in [5.41, 5.74) is 2.47. The van der Waals surface area contributed by atoms with Crippen LogP contribution in [-0.4, -0.2) is 48.5 Å². The fraction of sp³-hybridized carbons (Fsp3) is 0.478. The van der Waals surface area contributed by atoms with Crippen molar-refractivity contribution < 1.29 is 14.2 Å². The van der Waals surface area contributed by atoms with E-state index in [2.05, 4.69) is 23.6 Å². The summed E-state index contributed by atoms with van der Waals surface area (Å²) in [5.74, 6) is 0.171. The third-order valence-corrected chi connectivity index (χ3v) is 5.54. The molecule has 0 saturated carbocycles. The average Bonchev–Trinajstić information content (AvgIpc) is 3.06. The molecule has 2 aromatic rings. The van der Waals surface area contributed by atoms with Crippen LogP contribution in [0.4, 0.5) is 10.1 Å². The molecule has 5 heteroatoms. The van der Waals surface area contributed by atoms with Gasteiger partial charge < -0.3 is 19.6 Å². The Kier molecular flexibility index (Phi) is 7.29. The number of rotatable bonds is 4. The number of phenols is 1. The van der Waals surface area contributed by atoms with E-state index in [9.17, 15) is 9.50 Å². The quantitative estimate of drug-likeness (QED) is 0.843. The third-order valence-electron chi connectivity index (χ3n) is 5.54. The van der Waals surface area contributed by atoms with Gasteiger partial charge in [-0.05, 0) is 50.1 Å². The largest absolute Gasteiger partial charge is 0.508 e. The van der Waals surface area contributed by atoms with Crippen molar-refractivity contribution >= 4 is 5.69 Å². The highest BCUT2D eigenvalue weighted by Gasteiger charge is 2.36. The summed E-state index contributed by atoms with van der Waals surface area (Å²) in [7, 11) is 0. The lowest BCUT2D eigenvalue weighted by Crippen LogP contribution is -2.48. The molecule has 0 spiro atoms. The number of anilines is 1. The molecule has 152 valence electrons. The fourth-order valence-corrected chi connectivity index (χ4v) is 4.10. The normalized spacial score (nSPS) is 19.8. The first-order valence-electron chi connectivity index (χ1n) is 10.3. The standard InChI is InChI=1S/C17H26N2O2.C6H5F/c1-3-18-9-7-14(8-10-18)19-16-12-15(20)6-5-13(16)11-17(19)21-4-2;7-6-4-2-1-3-5-6/h5-6,12,14,17,20H,3-4,7-11H2,1-2H3;1-5H. The van der Waals surface area contributed by atoms with Gasteiger partial charge >= 0.3 is 0 Å². The number of aromatic hydroxyl groups is 1. The van der Waals surface area contributed by atoms with Crippen molar-refractivity contribution in [3.63, 3.8) is 0 Å². The van der Waals surface area contributed by atoms with Gasteiger partial charge in [0.15, 0.2) is 0 Å². The molecule has 0 bridgehead atoms. The van der Waals surface area contributed by atoms with Gasteiger partial charge in [-0.25, -0.2) is 4.39 Å². The van der Waals surface area contributed by atoms with Crippen LogP contribution in [0, 0.1) is 5.82 Å². The van der Waals surface area contributed by atoms with Crippen molar-refractivity contribution in [1.29, 1.82) is 0 Å². The van der Waals surface area contributed by atoms with E-state index in [1.165, 1.54) is 36.2 Å². The maximum Gasteiger partial charge on any atom is 0.134 e. The highest BCUT2D eigenvalue weighted by molar-refractivity contribution is 5.62. The lowest BCUT2D eigenvalue weighted by molar-refractivity contribution is 0.0548. The van der Waals surface area contributed by atoms with Gasteiger partial charge in [0.05, 0.1) is 0 Å². The Morgan fingerprint density at radius 1 is 1.07 bits per heavy atom. The fourth-order valence-electron chi connectivity index (χ4n) is 4.10. The Balaban J connectivity index is 0.000000271. The topological polar surface area (TPSA) is 35.9 Å². The van der Waals surface area contributed by atoms with Crippen LogP contribution in [0.2, 0.25) is 0 Å². The van der Waals surface area contributed by atoms with Crippen molar-refractivity contribution in [3.8, 4) is 5.75 Å². The van der Waals surface area contributed by atoms with E-state index in [0.717, 1.165) is 32.7 Å². The molecule has 1 N–H and O–H groups in total. The number of likely N-dealkylation sites (tertiary alicyclic amines) is 1. The molecule has 1 atom stereocenters. The monoisotopic (exact) mass is 386 g/mol. The molecule has 0 aliphatic carbocycles. The molecule has 0 aromatic heterocycles. The maximum atomic E-state index is 11.9. The minimum atomic E-state index is -0.178. The van der Waals surface area contributed by atoms with Gasteiger partial charge in [0.2, 0.25) is 0 Å². The van der Waals surface area contributed by atoms with Gasteiger partial charge in [-0.3, -0.25) is 0 Å². The SMILES string of the molecule is CCOC1Cc2ccc(O)cc2N1C1CCN(CC)CC1.Fc1ccccc1. The molecule has 2 heterocycles. The summed E-state index contributed by atoms with van der Waals surface area (Å²) >= 11 is 0. The van der Waals surface area contributed by atoms with Gasteiger partial charge in [0.25, 0.3) is 0 Å². The Morgan fingerprint density at radius 2 is 1.79 bits per heavy atom. The predicted octanol–water partition coefficient (Wildman–Crippen LogP) is 4.43. The van der Waals surface area contributed by atoms with Crippen molar-refractivity contribution in [1.82, 2.24) is 4.90 Å². The smallest absolute Gasteiger partial charge is 0.134 e. The van der Waals surface area contributed by atoms with Crippen molar-refractivity contribution in [2.24, 2.45) is 0 Å². The van der Waals surface area contributed by atoms with Crippen LogP contribution in [-0.2, 0) is 11.2 Å². The van der Waals surface area contributed by atoms with Crippen LogP contribution in [0.5, 0.6) is 5.75 Å². The van der Waals surface area contributed by atoms with E-state index in [4.69, 9.17) is 4.74 Å². The number of piperidine rings is 1. The van der Waals surface area contributed by atoms with Crippen LogP contribution in [0.1, 0.15) is 32.3 Å². The number of phenolic OH excluding ortho intramolecular Hbond substituents is 1. The van der Waals surface area contributed by atoms with E-state index in [1.807, 2.05) is 12.1 Å². The van der Waals surface area contributed by atoms with E-state index in [0.29, 0.717) is 11.8 Å². The molecule has 4 nitrogen and oxygen atoms in total. The number of halogens is 1. The van der Waals surface area contributed by atoms with Crippen LogP contribution in [0.3, 0.4) is 0 Å². The molecule has 1 fully saturated rings. The van der Waals surface area contributed by atoms with Gasteiger partial charge in [0, 0.05) is 43.9 Å². The lowest BCUT2D eigenvalue weighted by Gasteiger charge is -2.40. The van der Waals surface area contributed by atoms with E-state index in [-0.39, 0.29) is 12.0 Å². The van der Waals surface area contributed by atoms with Gasteiger partial charge in [0.1, 0.15) is 17.8 Å². The van der Waals surface area contributed by atoms with Crippen LogP contribution >= 0.6 is 0 Å². The van der Waals surface area contributed by atoms with Gasteiger partial charge in [-0.2, -0.15) is 0 Å². The minimum Gasteiger partial charge on any atom is -0.508 e. The molecule has 2 aliphatic heterocycles. The molecule has 2 aliphatic rings.